The van der Waals surface area contributed by atoms with E-state index in [2.05, 4.69) is 20.1 Å². The van der Waals surface area contributed by atoms with Crippen LogP contribution in [0.25, 0.3) is 0 Å². The van der Waals surface area contributed by atoms with Gasteiger partial charge in [0.15, 0.2) is 0 Å². The number of piperazine rings is 1. The van der Waals surface area contributed by atoms with Gasteiger partial charge in [-0.1, -0.05) is 6.07 Å². The first-order valence-corrected chi connectivity index (χ1v) is 7.35. The first-order valence-electron chi connectivity index (χ1n) is 7.35. The molecule has 0 aromatic carbocycles. The van der Waals surface area contributed by atoms with E-state index < -0.39 is 0 Å². The Morgan fingerprint density at radius 2 is 2.15 bits per heavy atom. The molecule has 0 spiro atoms. The number of likely N-dealkylation sites (N-methyl/N-ethyl adjacent to an activating group) is 1. The second kappa shape index (κ2) is 7.69. The van der Waals surface area contributed by atoms with E-state index in [1.807, 2.05) is 32.2 Å². The molecule has 2 rings (SSSR count). The predicted molar refractivity (Wildman–Crippen MR) is 80.6 cm³/mol. The summed E-state index contributed by atoms with van der Waals surface area (Å²) in [6.07, 6.45) is -0.303. The molecule has 5 nitrogen and oxygen atoms in total. The second-order valence-electron chi connectivity index (χ2n) is 5.67. The normalized spacial score (nSPS) is 18.4. The summed E-state index contributed by atoms with van der Waals surface area (Å²) in [5, 5.41) is 13.5. The highest BCUT2D eigenvalue weighted by atomic mass is 16.3. The van der Waals surface area contributed by atoms with E-state index in [1.165, 1.54) is 0 Å². The summed E-state index contributed by atoms with van der Waals surface area (Å²) in [6.45, 7) is 8.32. The molecule has 0 saturated carbocycles. The lowest BCUT2D eigenvalue weighted by Gasteiger charge is -2.30. The van der Waals surface area contributed by atoms with Crippen LogP contribution in [0.2, 0.25) is 0 Å². The van der Waals surface area contributed by atoms with E-state index in [4.69, 9.17) is 0 Å². The zero-order valence-electron chi connectivity index (χ0n) is 12.5. The quantitative estimate of drug-likeness (QED) is 0.772. The van der Waals surface area contributed by atoms with Gasteiger partial charge in [-0.25, -0.2) is 0 Å². The van der Waals surface area contributed by atoms with Gasteiger partial charge in [0, 0.05) is 51.5 Å². The van der Waals surface area contributed by atoms with Crippen molar-refractivity contribution >= 4 is 0 Å². The van der Waals surface area contributed by atoms with E-state index in [9.17, 15) is 5.11 Å². The summed E-state index contributed by atoms with van der Waals surface area (Å²) in [5.74, 6) is 0. The number of aromatic nitrogens is 1. The van der Waals surface area contributed by atoms with Crippen molar-refractivity contribution in [3.05, 3.63) is 29.6 Å². The molecule has 1 fully saturated rings. The number of aryl methyl sites for hydroxylation is 1. The van der Waals surface area contributed by atoms with Crippen LogP contribution in [0.15, 0.2) is 18.2 Å². The molecule has 112 valence electrons. The van der Waals surface area contributed by atoms with Crippen molar-refractivity contribution in [2.45, 2.75) is 19.6 Å². The first kappa shape index (κ1) is 15.4. The Balaban J connectivity index is 1.74. The second-order valence-corrected chi connectivity index (χ2v) is 5.67. The predicted octanol–water partition coefficient (Wildman–Crippen LogP) is 0.0879. The molecule has 1 unspecified atom stereocenters. The van der Waals surface area contributed by atoms with Gasteiger partial charge < -0.3 is 10.4 Å². The Morgan fingerprint density at radius 3 is 2.85 bits per heavy atom. The molecule has 2 N–H and O–H groups in total. The van der Waals surface area contributed by atoms with E-state index >= 15 is 0 Å². The molecule has 20 heavy (non-hydrogen) atoms. The smallest absolute Gasteiger partial charge is 0.0793 e. The number of pyridine rings is 1. The van der Waals surface area contributed by atoms with Gasteiger partial charge in [0.05, 0.1) is 11.8 Å². The summed E-state index contributed by atoms with van der Waals surface area (Å²) < 4.78 is 0. The molecule has 1 aliphatic heterocycles. The van der Waals surface area contributed by atoms with Crippen molar-refractivity contribution in [1.29, 1.82) is 0 Å². The van der Waals surface area contributed by atoms with Crippen LogP contribution in [-0.4, -0.2) is 72.3 Å². The third kappa shape index (κ3) is 5.17. The van der Waals surface area contributed by atoms with E-state index in [1.54, 1.807) is 0 Å². The third-order valence-corrected chi connectivity index (χ3v) is 3.58. The fourth-order valence-corrected chi connectivity index (χ4v) is 2.64. The van der Waals surface area contributed by atoms with Crippen LogP contribution in [-0.2, 0) is 6.54 Å². The van der Waals surface area contributed by atoms with Crippen molar-refractivity contribution in [3.8, 4) is 0 Å². The first-order chi connectivity index (χ1) is 9.63. The molecule has 0 radical (unpaired) electrons. The van der Waals surface area contributed by atoms with Gasteiger partial charge in [0.25, 0.3) is 0 Å². The zero-order chi connectivity index (χ0) is 14.4. The SMILES string of the molecule is Cc1cccc(CN(C)CC(O)CN2CCNCC2)n1. The van der Waals surface area contributed by atoms with Gasteiger partial charge in [-0.05, 0) is 26.1 Å². The molecule has 0 aliphatic carbocycles. The van der Waals surface area contributed by atoms with Gasteiger partial charge in [0.1, 0.15) is 0 Å². The van der Waals surface area contributed by atoms with Crippen LogP contribution in [0, 0.1) is 6.92 Å². The highest BCUT2D eigenvalue weighted by Gasteiger charge is 2.15. The molecule has 1 aromatic rings. The standard InChI is InChI=1S/C15H26N4O/c1-13-4-3-5-14(17-13)10-18(2)11-15(20)12-19-8-6-16-7-9-19/h3-5,15-16,20H,6-12H2,1-2H3. The molecule has 1 aromatic heterocycles. The van der Waals surface area contributed by atoms with Crippen molar-refractivity contribution in [3.63, 3.8) is 0 Å². The van der Waals surface area contributed by atoms with E-state index in [-0.39, 0.29) is 6.10 Å². The molecule has 2 heterocycles. The summed E-state index contributed by atoms with van der Waals surface area (Å²) in [7, 11) is 2.03. The van der Waals surface area contributed by atoms with E-state index in [0.717, 1.165) is 50.7 Å². The van der Waals surface area contributed by atoms with Crippen LogP contribution in [0.5, 0.6) is 0 Å². The minimum atomic E-state index is -0.303. The van der Waals surface area contributed by atoms with Crippen LogP contribution in [0.4, 0.5) is 0 Å². The van der Waals surface area contributed by atoms with Crippen molar-refractivity contribution in [1.82, 2.24) is 20.1 Å². The number of nitrogens with zero attached hydrogens (tertiary/aromatic N) is 3. The van der Waals surface area contributed by atoms with Crippen LogP contribution in [0.1, 0.15) is 11.4 Å². The van der Waals surface area contributed by atoms with Crippen LogP contribution in [0.3, 0.4) is 0 Å². The molecule has 0 bridgehead atoms. The molecule has 1 atom stereocenters. The minimum Gasteiger partial charge on any atom is -0.390 e. The third-order valence-electron chi connectivity index (χ3n) is 3.58. The molecular formula is C15H26N4O. The van der Waals surface area contributed by atoms with Crippen LogP contribution < -0.4 is 5.32 Å². The fourth-order valence-electron chi connectivity index (χ4n) is 2.64. The van der Waals surface area contributed by atoms with Crippen LogP contribution >= 0.6 is 0 Å². The van der Waals surface area contributed by atoms with Gasteiger partial charge in [-0.15, -0.1) is 0 Å². The summed E-state index contributed by atoms with van der Waals surface area (Å²) in [6, 6.07) is 6.07. The molecule has 0 amide bonds. The molecule has 5 heteroatoms. The van der Waals surface area contributed by atoms with Crippen molar-refractivity contribution < 1.29 is 5.11 Å². The highest BCUT2D eigenvalue weighted by molar-refractivity contribution is 5.09. The highest BCUT2D eigenvalue weighted by Crippen LogP contribution is 2.03. The lowest BCUT2D eigenvalue weighted by molar-refractivity contribution is 0.0749. The maximum atomic E-state index is 10.2. The lowest BCUT2D eigenvalue weighted by atomic mass is 10.2. The Bertz CT molecular complexity index is 407. The number of β-amino-alcohol motifs (C(OH)–C–C–N with tert-alkyl or cyclic N) is 1. The van der Waals surface area contributed by atoms with E-state index in [0.29, 0.717) is 6.54 Å². The van der Waals surface area contributed by atoms with Gasteiger partial charge >= 0.3 is 0 Å². The molecular weight excluding hydrogens is 252 g/mol. The van der Waals surface area contributed by atoms with Gasteiger partial charge in [-0.3, -0.25) is 14.8 Å². The molecule has 1 saturated heterocycles. The number of nitrogens with one attached hydrogen (secondary N) is 1. The average molecular weight is 278 g/mol. The number of aliphatic hydroxyl groups is 1. The number of rotatable bonds is 6. The average Bonchev–Trinajstić information content (AvgIpc) is 2.39. The monoisotopic (exact) mass is 278 g/mol. The lowest BCUT2D eigenvalue weighted by Crippen LogP contribution is -2.48. The number of aliphatic hydroxyl groups excluding tert-OH is 1. The Kier molecular flexibility index (Phi) is 5.91. The minimum absolute atomic E-state index is 0.303. The Morgan fingerprint density at radius 1 is 1.40 bits per heavy atom. The van der Waals surface area contributed by atoms with Crippen molar-refractivity contribution in [2.24, 2.45) is 0 Å². The van der Waals surface area contributed by atoms with Gasteiger partial charge in [0.2, 0.25) is 0 Å². The maximum absolute atomic E-state index is 10.2. The number of hydrogen-bond donors (Lipinski definition) is 2. The summed E-state index contributed by atoms with van der Waals surface area (Å²) in [4.78, 5) is 8.95. The Labute approximate surface area is 121 Å². The zero-order valence-corrected chi connectivity index (χ0v) is 12.5. The summed E-state index contributed by atoms with van der Waals surface area (Å²) in [5.41, 5.74) is 2.10. The largest absolute Gasteiger partial charge is 0.390 e. The van der Waals surface area contributed by atoms with Gasteiger partial charge in [-0.2, -0.15) is 0 Å². The molecule has 1 aliphatic rings. The summed E-state index contributed by atoms with van der Waals surface area (Å²) >= 11 is 0. The van der Waals surface area contributed by atoms with Crippen molar-refractivity contribution in [2.75, 3.05) is 46.3 Å². The fraction of sp³-hybridized carbons (Fsp3) is 0.667. The topological polar surface area (TPSA) is 51.6 Å². The maximum Gasteiger partial charge on any atom is 0.0793 e. The Hall–Kier alpha value is -1.01. The number of hydrogen-bond acceptors (Lipinski definition) is 5.